The number of esters is 1. The summed E-state index contributed by atoms with van der Waals surface area (Å²) in [4.78, 5) is 11.2. The predicted octanol–water partition coefficient (Wildman–Crippen LogP) is 4.54. The van der Waals surface area contributed by atoms with E-state index in [0.717, 1.165) is 23.1 Å². The van der Waals surface area contributed by atoms with Crippen LogP contribution in [0.3, 0.4) is 0 Å². The van der Waals surface area contributed by atoms with Gasteiger partial charge in [0.05, 0.1) is 7.11 Å². The van der Waals surface area contributed by atoms with Crippen LogP contribution in [-0.4, -0.2) is 37.4 Å². The molecular formula is C27H30ClNO4. The molecule has 0 radical (unpaired) electrons. The molecule has 0 amide bonds. The molecule has 0 saturated carbocycles. The molecular weight excluding hydrogens is 438 g/mol. The van der Waals surface area contributed by atoms with E-state index in [1.807, 2.05) is 78.9 Å². The molecule has 0 heterocycles. The molecule has 0 aliphatic rings. The van der Waals surface area contributed by atoms with Gasteiger partial charge in [0, 0.05) is 24.0 Å². The third-order valence-electron chi connectivity index (χ3n) is 5.49. The first-order valence-electron chi connectivity index (χ1n) is 10.9. The Kier molecular flexibility index (Phi) is 8.89. The standard InChI is InChI=1S/C27H30ClNO4/c1-20(15-21-11-13-25(14-12-21)33-18-26(30)32-2)29-19-27(31,17-22-7-4-3-5-8-22)23-9-6-10-24(28)16-23/h3-14,16,20,29,31H,15,17-19H2,1-2H3. The molecule has 2 atom stereocenters. The summed E-state index contributed by atoms with van der Waals surface area (Å²) in [5, 5.41) is 15.7. The third-order valence-corrected chi connectivity index (χ3v) is 5.73. The minimum absolute atomic E-state index is 0.114. The second-order valence-electron chi connectivity index (χ2n) is 8.20. The smallest absolute Gasteiger partial charge is 0.343 e. The lowest BCUT2D eigenvalue weighted by Crippen LogP contribution is -2.43. The lowest BCUT2D eigenvalue weighted by molar-refractivity contribution is -0.142. The third kappa shape index (κ3) is 7.60. The average Bonchev–Trinajstić information content (AvgIpc) is 2.83. The van der Waals surface area contributed by atoms with Crippen LogP contribution < -0.4 is 10.1 Å². The first-order valence-corrected chi connectivity index (χ1v) is 11.3. The maximum atomic E-state index is 11.7. The molecule has 3 aromatic carbocycles. The fourth-order valence-electron chi connectivity index (χ4n) is 3.67. The van der Waals surface area contributed by atoms with Gasteiger partial charge in [0.1, 0.15) is 11.4 Å². The second kappa shape index (κ2) is 11.8. The van der Waals surface area contributed by atoms with E-state index in [4.69, 9.17) is 16.3 Å². The lowest BCUT2D eigenvalue weighted by Gasteiger charge is -2.31. The minimum atomic E-state index is -1.11. The van der Waals surface area contributed by atoms with Crippen LogP contribution in [0.25, 0.3) is 0 Å². The SMILES string of the molecule is COC(=O)COc1ccc(CC(C)NCC(O)(Cc2ccccc2)c2cccc(Cl)c2)cc1. The van der Waals surface area contributed by atoms with Crippen molar-refractivity contribution in [1.82, 2.24) is 5.32 Å². The summed E-state index contributed by atoms with van der Waals surface area (Å²) >= 11 is 6.22. The number of aliphatic hydroxyl groups is 1. The summed E-state index contributed by atoms with van der Waals surface area (Å²) in [5.74, 6) is 0.197. The number of halogens is 1. The van der Waals surface area contributed by atoms with E-state index in [1.165, 1.54) is 7.11 Å². The van der Waals surface area contributed by atoms with E-state index in [0.29, 0.717) is 23.7 Å². The van der Waals surface area contributed by atoms with E-state index in [2.05, 4.69) is 17.0 Å². The molecule has 2 N–H and O–H groups in total. The van der Waals surface area contributed by atoms with E-state index in [1.54, 1.807) is 0 Å². The zero-order chi connectivity index (χ0) is 23.7. The molecule has 0 aliphatic heterocycles. The van der Waals surface area contributed by atoms with Crippen molar-refractivity contribution < 1.29 is 19.4 Å². The topological polar surface area (TPSA) is 67.8 Å². The lowest BCUT2D eigenvalue weighted by atomic mass is 9.86. The van der Waals surface area contributed by atoms with Gasteiger partial charge in [-0.3, -0.25) is 0 Å². The normalized spacial score (nSPS) is 13.7. The highest BCUT2D eigenvalue weighted by Gasteiger charge is 2.30. The zero-order valence-electron chi connectivity index (χ0n) is 19.0. The van der Waals surface area contributed by atoms with Gasteiger partial charge < -0.3 is 19.9 Å². The molecule has 2 unspecified atom stereocenters. The van der Waals surface area contributed by atoms with Crippen molar-refractivity contribution in [2.45, 2.75) is 31.4 Å². The van der Waals surface area contributed by atoms with E-state index >= 15 is 0 Å². The van der Waals surface area contributed by atoms with Crippen molar-refractivity contribution in [2.75, 3.05) is 20.3 Å². The van der Waals surface area contributed by atoms with Crippen molar-refractivity contribution in [3.63, 3.8) is 0 Å². The number of methoxy groups -OCH3 is 1. The van der Waals surface area contributed by atoms with Gasteiger partial charge in [0.25, 0.3) is 0 Å². The molecule has 5 nitrogen and oxygen atoms in total. The number of benzene rings is 3. The zero-order valence-corrected chi connectivity index (χ0v) is 19.7. The van der Waals surface area contributed by atoms with Gasteiger partial charge in [0.2, 0.25) is 0 Å². The molecule has 174 valence electrons. The number of carbonyl (C=O) groups excluding carboxylic acids is 1. The summed E-state index contributed by atoms with van der Waals surface area (Å²) in [6.07, 6.45) is 1.24. The van der Waals surface area contributed by atoms with Crippen LogP contribution in [0.5, 0.6) is 5.75 Å². The summed E-state index contributed by atoms with van der Waals surface area (Å²) in [7, 11) is 1.33. The highest BCUT2D eigenvalue weighted by Crippen LogP contribution is 2.28. The second-order valence-corrected chi connectivity index (χ2v) is 8.64. The molecule has 0 aliphatic carbocycles. The molecule has 33 heavy (non-hydrogen) atoms. The van der Waals surface area contributed by atoms with E-state index in [9.17, 15) is 9.90 Å². The molecule has 3 aromatic rings. The van der Waals surface area contributed by atoms with Crippen LogP contribution >= 0.6 is 11.6 Å². The summed E-state index contributed by atoms with van der Waals surface area (Å²) in [6, 6.07) is 25.1. The summed E-state index contributed by atoms with van der Waals surface area (Å²) in [5.41, 5.74) is 1.85. The Balaban J connectivity index is 1.63. The Bertz CT molecular complexity index is 1030. The fraction of sp³-hybridized carbons (Fsp3) is 0.296. The van der Waals surface area contributed by atoms with Crippen LogP contribution in [0.2, 0.25) is 5.02 Å². The Morgan fingerprint density at radius 2 is 1.76 bits per heavy atom. The quantitative estimate of drug-likeness (QED) is 0.405. The molecule has 0 fully saturated rings. The van der Waals surface area contributed by atoms with E-state index < -0.39 is 11.6 Å². The molecule has 0 bridgehead atoms. The maximum absolute atomic E-state index is 11.7. The van der Waals surface area contributed by atoms with Crippen LogP contribution in [0.4, 0.5) is 0 Å². The number of ether oxygens (including phenoxy) is 2. The molecule has 0 saturated heterocycles. The van der Waals surface area contributed by atoms with Crippen molar-refractivity contribution in [2.24, 2.45) is 0 Å². The average molecular weight is 468 g/mol. The molecule has 0 spiro atoms. The predicted molar refractivity (Wildman–Crippen MR) is 131 cm³/mol. The van der Waals surface area contributed by atoms with Crippen LogP contribution in [-0.2, 0) is 28.0 Å². The first-order chi connectivity index (χ1) is 15.9. The van der Waals surface area contributed by atoms with Crippen molar-refractivity contribution in [3.8, 4) is 5.75 Å². The summed E-state index contributed by atoms with van der Waals surface area (Å²) in [6.45, 7) is 2.35. The monoisotopic (exact) mass is 467 g/mol. The number of nitrogens with one attached hydrogen (secondary N) is 1. The van der Waals surface area contributed by atoms with Gasteiger partial charge >= 0.3 is 5.97 Å². The molecule has 6 heteroatoms. The Morgan fingerprint density at radius 1 is 1.03 bits per heavy atom. The molecule has 0 aromatic heterocycles. The Hall–Kier alpha value is -2.86. The van der Waals surface area contributed by atoms with Gasteiger partial charge in [-0.25, -0.2) is 4.79 Å². The Labute approximate surface area is 200 Å². The van der Waals surface area contributed by atoms with Gasteiger partial charge in [0.15, 0.2) is 6.61 Å². The van der Waals surface area contributed by atoms with Crippen LogP contribution in [0.15, 0.2) is 78.9 Å². The number of rotatable bonds is 11. The fourth-order valence-corrected chi connectivity index (χ4v) is 3.86. The highest BCUT2D eigenvalue weighted by atomic mass is 35.5. The highest BCUT2D eigenvalue weighted by molar-refractivity contribution is 6.30. The van der Waals surface area contributed by atoms with Gasteiger partial charge in [-0.15, -0.1) is 0 Å². The van der Waals surface area contributed by atoms with Gasteiger partial charge in [-0.1, -0.05) is 66.2 Å². The van der Waals surface area contributed by atoms with Gasteiger partial charge in [-0.2, -0.15) is 0 Å². The summed E-state index contributed by atoms with van der Waals surface area (Å²) < 4.78 is 9.97. The molecule has 3 rings (SSSR count). The largest absolute Gasteiger partial charge is 0.482 e. The van der Waals surface area contributed by atoms with Crippen molar-refractivity contribution in [3.05, 3.63) is 101 Å². The maximum Gasteiger partial charge on any atom is 0.343 e. The van der Waals surface area contributed by atoms with Crippen molar-refractivity contribution >= 4 is 17.6 Å². The number of hydrogen-bond acceptors (Lipinski definition) is 5. The number of hydrogen-bond donors (Lipinski definition) is 2. The van der Waals surface area contributed by atoms with Crippen LogP contribution in [0, 0.1) is 0 Å². The Morgan fingerprint density at radius 3 is 2.42 bits per heavy atom. The van der Waals surface area contributed by atoms with Crippen LogP contribution in [0.1, 0.15) is 23.6 Å². The van der Waals surface area contributed by atoms with Crippen molar-refractivity contribution in [1.29, 1.82) is 0 Å². The van der Waals surface area contributed by atoms with Gasteiger partial charge in [-0.05, 0) is 54.3 Å². The van der Waals surface area contributed by atoms with E-state index in [-0.39, 0.29) is 12.6 Å². The minimum Gasteiger partial charge on any atom is -0.482 e. The number of carbonyl (C=O) groups is 1. The first kappa shape index (κ1) is 24.8.